The molecule has 5 nitrogen and oxygen atoms in total. The summed E-state index contributed by atoms with van der Waals surface area (Å²) in [7, 11) is 0. The molecule has 0 aromatic heterocycles. The van der Waals surface area contributed by atoms with Gasteiger partial charge in [0.2, 0.25) is 0 Å². The van der Waals surface area contributed by atoms with E-state index in [1.807, 2.05) is 6.92 Å². The number of carbonyl (C=O) groups is 3. The van der Waals surface area contributed by atoms with E-state index in [0.717, 1.165) is 10.5 Å². The highest BCUT2D eigenvalue weighted by molar-refractivity contribution is 6.22. The molecule has 0 saturated carbocycles. The monoisotopic (exact) mass is 388 g/mol. The largest absolute Gasteiger partial charge is 0.289 e. The smallest absolute Gasteiger partial charge is 0.263 e. The van der Waals surface area contributed by atoms with E-state index in [4.69, 9.17) is 0 Å². The summed E-state index contributed by atoms with van der Waals surface area (Å²) < 4.78 is 13.8. The zero-order chi connectivity index (χ0) is 20.5. The SMILES string of the molecule is Cc1ccc(C(=O)N(CN2C(=O)c3ccccc3C2=O)c2cccc(F)c2)cc1. The Bertz CT molecular complexity index is 1090. The number of fused-ring (bicyclic) bond motifs is 1. The fraction of sp³-hybridized carbons (Fsp3) is 0.0870. The van der Waals surface area contributed by atoms with E-state index >= 15 is 0 Å². The van der Waals surface area contributed by atoms with Gasteiger partial charge < -0.3 is 0 Å². The molecule has 0 N–H and O–H groups in total. The van der Waals surface area contributed by atoms with Crippen LogP contribution in [0, 0.1) is 12.7 Å². The molecule has 0 unspecified atom stereocenters. The number of rotatable bonds is 4. The van der Waals surface area contributed by atoms with Crippen molar-refractivity contribution in [2.24, 2.45) is 0 Å². The summed E-state index contributed by atoms with van der Waals surface area (Å²) >= 11 is 0. The van der Waals surface area contributed by atoms with Gasteiger partial charge in [-0.3, -0.25) is 24.2 Å². The lowest BCUT2D eigenvalue weighted by molar-refractivity contribution is 0.0650. The van der Waals surface area contributed by atoms with Gasteiger partial charge in [-0.2, -0.15) is 0 Å². The van der Waals surface area contributed by atoms with Crippen LogP contribution in [-0.4, -0.2) is 29.3 Å². The number of aryl methyl sites for hydroxylation is 1. The number of hydrogen-bond acceptors (Lipinski definition) is 3. The molecule has 144 valence electrons. The summed E-state index contributed by atoms with van der Waals surface area (Å²) in [6.45, 7) is 1.58. The summed E-state index contributed by atoms with van der Waals surface area (Å²) in [5, 5.41) is 0. The maximum Gasteiger partial charge on any atom is 0.263 e. The average Bonchev–Trinajstić information content (AvgIpc) is 2.97. The van der Waals surface area contributed by atoms with Gasteiger partial charge in [-0.15, -0.1) is 0 Å². The highest BCUT2D eigenvalue weighted by Crippen LogP contribution is 2.25. The fourth-order valence-electron chi connectivity index (χ4n) is 3.27. The van der Waals surface area contributed by atoms with Crippen LogP contribution in [0.15, 0.2) is 72.8 Å². The second-order valence-electron chi connectivity index (χ2n) is 6.80. The quantitative estimate of drug-likeness (QED) is 0.634. The van der Waals surface area contributed by atoms with Gasteiger partial charge in [-0.05, 0) is 49.4 Å². The van der Waals surface area contributed by atoms with Crippen molar-refractivity contribution in [2.75, 3.05) is 11.6 Å². The van der Waals surface area contributed by atoms with E-state index in [1.165, 1.54) is 23.1 Å². The number of benzene rings is 3. The van der Waals surface area contributed by atoms with Crippen LogP contribution in [0.1, 0.15) is 36.6 Å². The van der Waals surface area contributed by atoms with Gasteiger partial charge in [0, 0.05) is 11.3 Å². The Kier molecular flexibility index (Phi) is 4.68. The molecular weight excluding hydrogens is 371 g/mol. The Morgan fingerprint density at radius 3 is 2.10 bits per heavy atom. The van der Waals surface area contributed by atoms with Crippen LogP contribution in [0.25, 0.3) is 0 Å². The molecule has 0 saturated heterocycles. The number of hydrogen-bond donors (Lipinski definition) is 0. The normalized spacial score (nSPS) is 12.8. The van der Waals surface area contributed by atoms with Crippen molar-refractivity contribution >= 4 is 23.4 Å². The first-order chi connectivity index (χ1) is 14.0. The predicted octanol–water partition coefficient (Wildman–Crippen LogP) is 4.03. The molecule has 3 amide bonds. The number of anilines is 1. The Morgan fingerprint density at radius 1 is 0.897 bits per heavy atom. The lowest BCUT2D eigenvalue weighted by atomic mass is 10.1. The van der Waals surface area contributed by atoms with Crippen LogP contribution in [-0.2, 0) is 0 Å². The molecule has 1 aliphatic heterocycles. The van der Waals surface area contributed by atoms with Gasteiger partial charge >= 0.3 is 0 Å². The average molecular weight is 388 g/mol. The van der Waals surface area contributed by atoms with Gasteiger partial charge in [0.25, 0.3) is 17.7 Å². The predicted molar refractivity (Wildman–Crippen MR) is 106 cm³/mol. The highest BCUT2D eigenvalue weighted by Gasteiger charge is 2.37. The lowest BCUT2D eigenvalue weighted by Gasteiger charge is -2.27. The second-order valence-corrected chi connectivity index (χ2v) is 6.80. The van der Waals surface area contributed by atoms with Crippen LogP contribution < -0.4 is 4.90 Å². The fourth-order valence-corrected chi connectivity index (χ4v) is 3.27. The number of carbonyl (C=O) groups excluding carboxylic acids is 3. The highest BCUT2D eigenvalue weighted by atomic mass is 19.1. The van der Waals surface area contributed by atoms with Gasteiger partial charge in [0.15, 0.2) is 0 Å². The summed E-state index contributed by atoms with van der Waals surface area (Å²) in [5.74, 6) is -1.92. The molecule has 0 atom stereocenters. The summed E-state index contributed by atoms with van der Waals surface area (Å²) in [4.78, 5) is 40.9. The van der Waals surface area contributed by atoms with Crippen LogP contribution in [0.2, 0.25) is 0 Å². The Balaban J connectivity index is 1.72. The molecule has 1 aliphatic rings. The lowest BCUT2D eigenvalue weighted by Crippen LogP contribution is -2.44. The van der Waals surface area contributed by atoms with Gasteiger partial charge in [-0.1, -0.05) is 35.9 Å². The minimum atomic E-state index is -0.522. The number of nitrogens with zero attached hydrogens (tertiary/aromatic N) is 2. The Labute approximate surface area is 167 Å². The van der Waals surface area contributed by atoms with E-state index in [-0.39, 0.29) is 12.4 Å². The third-order valence-corrected chi connectivity index (χ3v) is 4.82. The molecule has 0 aliphatic carbocycles. The molecule has 29 heavy (non-hydrogen) atoms. The van der Waals surface area contributed by atoms with Gasteiger partial charge in [0.05, 0.1) is 11.1 Å². The summed E-state index contributed by atoms with van der Waals surface area (Å²) in [6.07, 6.45) is 0. The maximum absolute atomic E-state index is 13.8. The third-order valence-electron chi connectivity index (χ3n) is 4.82. The van der Waals surface area contributed by atoms with E-state index in [2.05, 4.69) is 0 Å². The van der Waals surface area contributed by atoms with Crippen LogP contribution in [0.3, 0.4) is 0 Å². The summed E-state index contributed by atoms with van der Waals surface area (Å²) in [5.41, 5.74) is 2.20. The first-order valence-corrected chi connectivity index (χ1v) is 9.05. The minimum absolute atomic E-state index is 0.257. The minimum Gasteiger partial charge on any atom is -0.289 e. The second kappa shape index (κ2) is 7.31. The van der Waals surface area contributed by atoms with Crippen molar-refractivity contribution in [1.82, 2.24) is 4.90 Å². The van der Waals surface area contributed by atoms with Gasteiger partial charge in [0.1, 0.15) is 12.5 Å². The van der Waals surface area contributed by atoms with E-state index in [0.29, 0.717) is 16.7 Å². The van der Waals surface area contributed by atoms with E-state index < -0.39 is 23.5 Å². The molecule has 0 fully saturated rings. The molecule has 3 aromatic carbocycles. The first kappa shape index (κ1) is 18.6. The van der Waals surface area contributed by atoms with Gasteiger partial charge in [-0.25, -0.2) is 4.39 Å². The van der Waals surface area contributed by atoms with Crippen molar-refractivity contribution in [3.63, 3.8) is 0 Å². The zero-order valence-corrected chi connectivity index (χ0v) is 15.6. The van der Waals surface area contributed by atoms with E-state index in [9.17, 15) is 18.8 Å². The molecule has 0 radical (unpaired) electrons. The Hall–Kier alpha value is -3.80. The molecule has 0 spiro atoms. The molecule has 1 heterocycles. The zero-order valence-electron chi connectivity index (χ0n) is 15.6. The standard InChI is InChI=1S/C23H17FN2O3/c1-15-9-11-16(12-10-15)21(27)25(18-6-4-5-17(24)13-18)14-26-22(28)19-7-2-3-8-20(19)23(26)29/h2-13H,14H2,1H3. The number of halogens is 1. The van der Waals surface area contributed by atoms with Crippen LogP contribution in [0.4, 0.5) is 10.1 Å². The van der Waals surface area contributed by atoms with Crippen molar-refractivity contribution in [2.45, 2.75) is 6.92 Å². The maximum atomic E-state index is 13.8. The molecule has 6 heteroatoms. The van der Waals surface area contributed by atoms with E-state index in [1.54, 1.807) is 54.6 Å². The van der Waals surface area contributed by atoms with Crippen molar-refractivity contribution in [1.29, 1.82) is 0 Å². The van der Waals surface area contributed by atoms with Crippen molar-refractivity contribution in [3.05, 3.63) is 101 Å². The molecule has 3 aromatic rings. The topological polar surface area (TPSA) is 57.7 Å². The first-order valence-electron chi connectivity index (χ1n) is 9.05. The number of imide groups is 1. The molecular formula is C23H17FN2O3. The van der Waals surface area contributed by atoms with Crippen molar-refractivity contribution < 1.29 is 18.8 Å². The van der Waals surface area contributed by atoms with Crippen LogP contribution in [0.5, 0.6) is 0 Å². The molecule has 4 rings (SSSR count). The third kappa shape index (κ3) is 3.40. The summed E-state index contributed by atoms with van der Waals surface area (Å²) in [6, 6.07) is 18.9. The van der Waals surface area contributed by atoms with Crippen LogP contribution >= 0.6 is 0 Å². The molecule has 0 bridgehead atoms. The van der Waals surface area contributed by atoms with Crippen molar-refractivity contribution in [3.8, 4) is 0 Å². The number of amides is 3. The Morgan fingerprint density at radius 2 is 1.52 bits per heavy atom.